The molecule has 23 heavy (non-hydrogen) atoms. The van der Waals surface area contributed by atoms with Crippen molar-refractivity contribution in [1.82, 2.24) is 15.5 Å². The molecule has 0 spiro atoms. The number of H-pyrrole nitrogens is 1. The zero-order chi connectivity index (χ0) is 16.2. The van der Waals surface area contributed by atoms with Crippen molar-refractivity contribution in [2.75, 3.05) is 0 Å². The van der Waals surface area contributed by atoms with Crippen molar-refractivity contribution in [2.24, 2.45) is 0 Å². The van der Waals surface area contributed by atoms with E-state index < -0.39 is 0 Å². The van der Waals surface area contributed by atoms with E-state index in [2.05, 4.69) is 15.5 Å². The number of carbonyl (C=O) groups is 1. The van der Waals surface area contributed by atoms with E-state index in [9.17, 15) is 9.18 Å². The molecule has 0 aliphatic rings. The molecule has 1 amide bonds. The number of nitrogens with one attached hydrogen (secondary N) is 2. The van der Waals surface area contributed by atoms with Crippen molar-refractivity contribution in [3.05, 3.63) is 76.7 Å². The van der Waals surface area contributed by atoms with Crippen LogP contribution in [0.5, 0.6) is 0 Å². The predicted molar refractivity (Wildman–Crippen MR) is 86.6 cm³/mol. The molecule has 116 valence electrons. The zero-order valence-electron chi connectivity index (χ0n) is 12.0. The fourth-order valence-corrected chi connectivity index (χ4v) is 2.33. The number of halogens is 2. The molecule has 3 aromatic rings. The molecule has 0 radical (unpaired) electrons. The van der Waals surface area contributed by atoms with Crippen LogP contribution < -0.4 is 5.32 Å². The lowest BCUT2D eigenvalue weighted by Gasteiger charge is -2.07. The first kappa shape index (κ1) is 15.2. The summed E-state index contributed by atoms with van der Waals surface area (Å²) in [7, 11) is 0. The van der Waals surface area contributed by atoms with Gasteiger partial charge in [0.1, 0.15) is 5.82 Å². The quantitative estimate of drug-likeness (QED) is 0.765. The van der Waals surface area contributed by atoms with Gasteiger partial charge in [-0.1, -0.05) is 41.9 Å². The van der Waals surface area contributed by atoms with Gasteiger partial charge in [-0.2, -0.15) is 5.10 Å². The molecule has 2 N–H and O–H groups in total. The van der Waals surface area contributed by atoms with Gasteiger partial charge < -0.3 is 5.32 Å². The Kier molecular flexibility index (Phi) is 4.39. The first-order chi connectivity index (χ1) is 11.1. The molecule has 2 aromatic carbocycles. The SMILES string of the molecule is O=C(NCc1ccccc1F)c1cn[nH]c1-c1ccc(Cl)cc1. The molecule has 0 aliphatic carbocycles. The standard InChI is InChI=1S/C17H13ClFN3O/c18-13-7-5-11(6-8-13)16-14(10-21-22-16)17(23)20-9-12-3-1-2-4-15(12)19/h1-8,10H,9H2,(H,20,23)(H,21,22). The van der Waals surface area contributed by atoms with Gasteiger partial charge in [0.25, 0.3) is 5.91 Å². The van der Waals surface area contributed by atoms with Crippen molar-refractivity contribution in [1.29, 1.82) is 0 Å². The van der Waals surface area contributed by atoms with Crippen molar-refractivity contribution >= 4 is 17.5 Å². The lowest BCUT2D eigenvalue weighted by atomic mass is 10.1. The summed E-state index contributed by atoms with van der Waals surface area (Å²) in [6.07, 6.45) is 1.45. The lowest BCUT2D eigenvalue weighted by Crippen LogP contribution is -2.23. The van der Waals surface area contributed by atoms with Gasteiger partial charge in [-0.3, -0.25) is 9.89 Å². The van der Waals surface area contributed by atoms with Gasteiger partial charge in [0.15, 0.2) is 0 Å². The predicted octanol–water partition coefficient (Wildman–Crippen LogP) is 3.80. The van der Waals surface area contributed by atoms with Gasteiger partial charge in [0.2, 0.25) is 0 Å². The summed E-state index contributed by atoms with van der Waals surface area (Å²) in [5.74, 6) is -0.676. The Morgan fingerprint density at radius 1 is 1.17 bits per heavy atom. The van der Waals surface area contributed by atoms with Crippen molar-refractivity contribution < 1.29 is 9.18 Å². The largest absolute Gasteiger partial charge is 0.348 e. The summed E-state index contributed by atoms with van der Waals surface area (Å²) in [5, 5.41) is 10.0. The molecule has 0 saturated heterocycles. The van der Waals surface area contributed by atoms with E-state index in [1.54, 1.807) is 42.5 Å². The Balaban J connectivity index is 1.77. The van der Waals surface area contributed by atoms with Crippen molar-refractivity contribution in [3.8, 4) is 11.3 Å². The van der Waals surface area contributed by atoms with Gasteiger partial charge in [0, 0.05) is 22.7 Å². The third-order valence-electron chi connectivity index (χ3n) is 3.41. The van der Waals surface area contributed by atoms with Crippen molar-refractivity contribution in [3.63, 3.8) is 0 Å². The maximum absolute atomic E-state index is 13.6. The van der Waals surface area contributed by atoms with Crippen LogP contribution in [0.3, 0.4) is 0 Å². The van der Waals surface area contributed by atoms with Crippen LogP contribution in [0.2, 0.25) is 5.02 Å². The topological polar surface area (TPSA) is 57.8 Å². The Labute approximate surface area is 137 Å². The molecule has 6 heteroatoms. The van der Waals surface area contributed by atoms with E-state index in [1.165, 1.54) is 12.3 Å². The molecule has 3 rings (SSSR count). The number of nitrogens with zero attached hydrogens (tertiary/aromatic N) is 1. The summed E-state index contributed by atoms with van der Waals surface area (Å²) >= 11 is 5.87. The van der Waals surface area contributed by atoms with Crippen LogP contribution in [0.25, 0.3) is 11.3 Å². The molecular formula is C17H13ClFN3O. The second kappa shape index (κ2) is 6.62. The molecule has 0 unspecified atom stereocenters. The minimum Gasteiger partial charge on any atom is -0.348 e. The number of aromatic amines is 1. The van der Waals surface area contributed by atoms with Gasteiger partial charge in [-0.25, -0.2) is 4.39 Å². The van der Waals surface area contributed by atoms with Gasteiger partial charge >= 0.3 is 0 Å². The highest BCUT2D eigenvalue weighted by atomic mass is 35.5. The second-order valence-corrected chi connectivity index (χ2v) is 5.38. The molecule has 1 aromatic heterocycles. The number of rotatable bonds is 4. The Hall–Kier alpha value is -2.66. The number of carbonyl (C=O) groups excluding carboxylic acids is 1. The van der Waals surface area contributed by atoms with Crippen LogP contribution in [0.15, 0.2) is 54.7 Å². The summed E-state index contributed by atoms with van der Waals surface area (Å²) in [6.45, 7) is 0.108. The van der Waals surface area contributed by atoms with E-state index in [0.29, 0.717) is 21.8 Å². The number of amides is 1. The van der Waals surface area contributed by atoms with E-state index in [4.69, 9.17) is 11.6 Å². The van der Waals surface area contributed by atoms with Gasteiger partial charge in [0.05, 0.1) is 17.5 Å². The normalized spacial score (nSPS) is 10.5. The first-order valence-corrected chi connectivity index (χ1v) is 7.34. The Morgan fingerprint density at radius 3 is 2.65 bits per heavy atom. The molecule has 0 bridgehead atoms. The number of aromatic nitrogens is 2. The monoisotopic (exact) mass is 329 g/mol. The zero-order valence-corrected chi connectivity index (χ0v) is 12.8. The number of hydrogen-bond acceptors (Lipinski definition) is 2. The fourth-order valence-electron chi connectivity index (χ4n) is 2.21. The highest BCUT2D eigenvalue weighted by Crippen LogP contribution is 2.23. The van der Waals surface area contributed by atoms with Gasteiger partial charge in [-0.05, 0) is 18.2 Å². The highest BCUT2D eigenvalue weighted by molar-refractivity contribution is 6.30. The third kappa shape index (κ3) is 3.40. The van der Waals surface area contributed by atoms with E-state index in [1.807, 2.05) is 0 Å². The molecule has 0 fully saturated rings. The summed E-state index contributed by atoms with van der Waals surface area (Å²) in [5.41, 5.74) is 2.21. The number of benzene rings is 2. The smallest absolute Gasteiger partial charge is 0.255 e. The summed E-state index contributed by atoms with van der Waals surface area (Å²) in [6, 6.07) is 13.4. The molecule has 0 atom stereocenters. The summed E-state index contributed by atoms with van der Waals surface area (Å²) in [4.78, 5) is 12.3. The van der Waals surface area contributed by atoms with Crippen LogP contribution in [0.4, 0.5) is 4.39 Å². The minimum atomic E-state index is -0.349. The highest BCUT2D eigenvalue weighted by Gasteiger charge is 2.15. The number of hydrogen-bond donors (Lipinski definition) is 2. The van der Waals surface area contributed by atoms with Gasteiger partial charge in [-0.15, -0.1) is 0 Å². The van der Waals surface area contributed by atoms with Crippen LogP contribution in [0.1, 0.15) is 15.9 Å². The Morgan fingerprint density at radius 2 is 1.91 bits per heavy atom. The van der Waals surface area contributed by atoms with Crippen LogP contribution in [-0.4, -0.2) is 16.1 Å². The van der Waals surface area contributed by atoms with Crippen LogP contribution in [0, 0.1) is 5.82 Å². The third-order valence-corrected chi connectivity index (χ3v) is 3.67. The molecule has 0 aliphatic heterocycles. The molecule has 4 nitrogen and oxygen atoms in total. The summed E-state index contributed by atoms with van der Waals surface area (Å²) < 4.78 is 13.6. The average molecular weight is 330 g/mol. The average Bonchev–Trinajstić information content (AvgIpc) is 3.04. The van der Waals surface area contributed by atoms with Crippen LogP contribution in [-0.2, 0) is 6.54 Å². The lowest BCUT2D eigenvalue weighted by molar-refractivity contribution is 0.0951. The molecule has 1 heterocycles. The minimum absolute atomic E-state index is 0.108. The fraction of sp³-hybridized carbons (Fsp3) is 0.0588. The van der Waals surface area contributed by atoms with E-state index in [-0.39, 0.29) is 18.3 Å². The van der Waals surface area contributed by atoms with Crippen molar-refractivity contribution in [2.45, 2.75) is 6.54 Å². The second-order valence-electron chi connectivity index (χ2n) is 4.94. The van der Waals surface area contributed by atoms with E-state index in [0.717, 1.165) is 5.56 Å². The maximum Gasteiger partial charge on any atom is 0.255 e. The first-order valence-electron chi connectivity index (χ1n) is 6.96. The Bertz CT molecular complexity index is 830. The van der Waals surface area contributed by atoms with E-state index >= 15 is 0 Å². The van der Waals surface area contributed by atoms with Crippen LogP contribution >= 0.6 is 11.6 Å². The molecular weight excluding hydrogens is 317 g/mol. The molecule has 0 saturated carbocycles. The maximum atomic E-state index is 13.6.